The molecule has 0 aliphatic carbocycles. The van der Waals surface area contributed by atoms with Gasteiger partial charge in [-0.05, 0) is 37.6 Å². The van der Waals surface area contributed by atoms with E-state index in [1.54, 1.807) is 18.6 Å². The van der Waals surface area contributed by atoms with Crippen LogP contribution in [-0.4, -0.2) is 50.1 Å². The lowest BCUT2D eigenvalue weighted by atomic mass is 10.1. The third-order valence-corrected chi connectivity index (χ3v) is 4.30. The Morgan fingerprint density at radius 2 is 1.96 bits per heavy atom. The topological polar surface area (TPSA) is 65.7 Å². The fourth-order valence-electron chi connectivity index (χ4n) is 2.64. The van der Waals surface area contributed by atoms with E-state index in [0.29, 0.717) is 11.0 Å². The third kappa shape index (κ3) is 6.24. The molecule has 0 spiro atoms. The highest BCUT2D eigenvalue weighted by Gasteiger charge is 2.20. The summed E-state index contributed by atoms with van der Waals surface area (Å²) in [6.07, 6.45) is 6.95. The molecule has 1 aromatic rings. The molecule has 7 heteroatoms. The van der Waals surface area contributed by atoms with Crippen molar-refractivity contribution in [2.24, 2.45) is 4.99 Å². The van der Waals surface area contributed by atoms with Gasteiger partial charge in [-0.15, -0.1) is 0 Å². The molecule has 1 atom stereocenters. The van der Waals surface area contributed by atoms with Crippen LogP contribution in [0.1, 0.15) is 19.4 Å². The second kappa shape index (κ2) is 10.5. The predicted molar refractivity (Wildman–Crippen MR) is 103 cm³/mol. The summed E-state index contributed by atoms with van der Waals surface area (Å²) in [6.45, 7) is 6.85. The van der Waals surface area contributed by atoms with Crippen molar-refractivity contribution in [1.29, 1.82) is 5.26 Å². The molecule has 1 aromatic carbocycles. The van der Waals surface area contributed by atoms with Gasteiger partial charge in [-0.1, -0.05) is 12.1 Å². The average Bonchev–Trinajstić information content (AvgIpc) is 3.08. The maximum atomic E-state index is 12.1. The number of carbonyl (C=O) groups excluding carboxylic acids is 1. The highest BCUT2D eigenvalue weighted by molar-refractivity contribution is 5.97. The number of nitrogens with zero attached hydrogens (tertiary/aromatic N) is 4. The van der Waals surface area contributed by atoms with E-state index in [1.807, 2.05) is 43.6 Å². The number of hydrogen-bond donors (Lipinski definition) is 0. The Morgan fingerprint density at radius 3 is 2.48 bits per heavy atom. The van der Waals surface area contributed by atoms with Crippen molar-refractivity contribution in [3.05, 3.63) is 47.8 Å². The monoisotopic (exact) mass is 388 g/mol. The van der Waals surface area contributed by atoms with E-state index in [4.69, 9.17) is 4.74 Å². The molecule has 0 saturated carbocycles. The van der Waals surface area contributed by atoms with Gasteiger partial charge in [-0.2, -0.15) is 5.26 Å². The zero-order valence-corrected chi connectivity index (χ0v) is 16.7. The van der Waals surface area contributed by atoms with Gasteiger partial charge >= 0.3 is 5.97 Å². The van der Waals surface area contributed by atoms with Gasteiger partial charge in [0.25, 0.3) is 0 Å². The van der Waals surface area contributed by atoms with Crippen molar-refractivity contribution in [3.63, 3.8) is 0 Å². The van der Waals surface area contributed by atoms with Crippen LogP contribution in [0.3, 0.4) is 0 Å². The fraction of sp³-hybridized carbons (Fsp3) is 0.350. The van der Waals surface area contributed by atoms with Crippen molar-refractivity contribution >= 4 is 24.1 Å². The number of aliphatic imine (C=N–C) groups is 1. The number of likely N-dealkylation sites (N-methyl/N-ethyl adjacent to an activating group) is 1. The van der Waals surface area contributed by atoms with Crippen molar-refractivity contribution in [2.45, 2.75) is 13.8 Å². The van der Waals surface area contributed by atoms with E-state index >= 15 is 0 Å². The molecular formula is C20H25ClN4O2. The number of anilines is 1. The summed E-state index contributed by atoms with van der Waals surface area (Å²) in [7, 11) is 1.96. The van der Waals surface area contributed by atoms with E-state index in [9.17, 15) is 10.1 Å². The SMILES string of the molecule is CCN(CC)c1ccc(/C=C(\C#N)C(=O)OCC[N+]2(C)C=CN=C2)cc1.[Cl-]. The molecule has 0 bridgehead atoms. The Bertz CT molecular complexity index is 747. The van der Waals surface area contributed by atoms with Crippen LogP contribution in [0.4, 0.5) is 5.69 Å². The first-order chi connectivity index (χ1) is 12.5. The maximum Gasteiger partial charge on any atom is 0.349 e. The van der Waals surface area contributed by atoms with Gasteiger partial charge in [0.2, 0.25) is 0 Å². The summed E-state index contributed by atoms with van der Waals surface area (Å²) >= 11 is 0. The van der Waals surface area contributed by atoms with Crippen LogP contribution in [0.2, 0.25) is 0 Å². The quantitative estimate of drug-likeness (QED) is 0.271. The van der Waals surface area contributed by atoms with Crippen LogP contribution >= 0.6 is 0 Å². The summed E-state index contributed by atoms with van der Waals surface area (Å²) in [6, 6.07) is 9.70. The van der Waals surface area contributed by atoms with E-state index in [1.165, 1.54) is 0 Å². The number of esters is 1. The molecule has 0 fully saturated rings. The average molecular weight is 389 g/mol. The molecule has 2 rings (SSSR count). The largest absolute Gasteiger partial charge is 1.00 e. The zero-order chi connectivity index (χ0) is 19.0. The molecule has 1 aliphatic rings. The van der Waals surface area contributed by atoms with Gasteiger partial charge in [0.15, 0.2) is 6.34 Å². The van der Waals surface area contributed by atoms with E-state index < -0.39 is 5.97 Å². The molecular weight excluding hydrogens is 364 g/mol. The van der Waals surface area contributed by atoms with Gasteiger partial charge < -0.3 is 22.0 Å². The lowest BCUT2D eigenvalue weighted by Gasteiger charge is -2.21. The van der Waals surface area contributed by atoms with Crippen LogP contribution in [-0.2, 0) is 9.53 Å². The van der Waals surface area contributed by atoms with Crippen molar-refractivity contribution in [2.75, 3.05) is 38.2 Å². The number of hydrogen-bond acceptors (Lipinski definition) is 5. The normalized spacial score (nSPS) is 17.9. The van der Waals surface area contributed by atoms with Crippen LogP contribution in [0.5, 0.6) is 0 Å². The van der Waals surface area contributed by atoms with Crippen LogP contribution in [0, 0.1) is 11.3 Å². The second-order valence-corrected chi connectivity index (χ2v) is 6.20. The maximum absolute atomic E-state index is 12.1. The van der Waals surface area contributed by atoms with Crippen molar-refractivity contribution in [1.82, 2.24) is 0 Å². The second-order valence-electron chi connectivity index (χ2n) is 6.20. The van der Waals surface area contributed by atoms with E-state index in [0.717, 1.165) is 24.3 Å². The number of quaternary nitrogens is 1. The highest BCUT2D eigenvalue weighted by Crippen LogP contribution is 2.17. The molecule has 6 nitrogen and oxygen atoms in total. The smallest absolute Gasteiger partial charge is 0.349 e. The Morgan fingerprint density at radius 1 is 1.30 bits per heavy atom. The van der Waals surface area contributed by atoms with Crippen LogP contribution in [0.25, 0.3) is 6.08 Å². The van der Waals surface area contributed by atoms with Gasteiger partial charge in [0.1, 0.15) is 31.0 Å². The molecule has 0 N–H and O–H groups in total. The molecule has 144 valence electrons. The standard InChI is InChI=1S/C20H25N4O2.ClH/c1-4-23(5-2)19-8-6-17(7-9-19)14-18(15-21)20(25)26-13-12-24(3)11-10-22-16-24;/h6-11,14,16H,4-5,12-13H2,1-3H3;1H/q+1;/p-1/b18-14+;. The van der Waals surface area contributed by atoms with Crippen LogP contribution in [0.15, 0.2) is 47.2 Å². The van der Waals surface area contributed by atoms with Gasteiger partial charge in [-0.3, -0.25) is 4.48 Å². The predicted octanol–water partition coefficient (Wildman–Crippen LogP) is -0.0533. The first kappa shape index (κ1) is 22.4. The van der Waals surface area contributed by atoms with Crippen molar-refractivity contribution < 1.29 is 26.4 Å². The molecule has 0 saturated heterocycles. The zero-order valence-electron chi connectivity index (χ0n) is 15.9. The van der Waals surface area contributed by atoms with Gasteiger partial charge in [0, 0.05) is 18.8 Å². The Labute approximate surface area is 167 Å². The summed E-state index contributed by atoms with van der Waals surface area (Å²) < 4.78 is 5.72. The molecule has 1 heterocycles. The number of halogens is 1. The Kier molecular flexibility index (Phi) is 8.73. The third-order valence-electron chi connectivity index (χ3n) is 4.30. The summed E-state index contributed by atoms with van der Waals surface area (Å²) in [5, 5.41) is 9.27. The minimum atomic E-state index is -0.605. The first-order valence-electron chi connectivity index (χ1n) is 8.72. The lowest BCUT2D eigenvalue weighted by Crippen LogP contribution is -3.00. The minimum absolute atomic E-state index is 0. The van der Waals surface area contributed by atoms with Crippen LogP contribution < -0.4 is 17.3 Å². The molecule has 0 aromatic heterocycles. The molecule has 1 aliphatic heterocycles. The fourth-order valence-corrected chi connectivity index (χ4v) is 2.64. The summed E-state index contributed by atoms with van der Waals surface area (Å²) in [5.74, 6) is -0.605. The number of benzene rings is 1. The molecule has 1 unspecified atom stereocenters. The number of ether oxygens (including phenoxy) is 1. The molecule has 27 heavy (non-hydrogen) atoms. The number of rotatable bonds is 8. The highest BCUT2D eigenvalue weighted by atomic mass is 35.5. The molecule has 0 amide bonds. The summed E-state index contributed by atoms with van der Waals surface area (Å²) in [4.78, 5) is 18.4. The molecule has 0 radical (unpaired) electrons. The Hall–Kier alpha value is -2.62. The minimum Gasteiger partial charge on any atom is -1.00 e. The number of carbonyl (C=O) groups is 1. The van der Waals surface area contributed by atoms with Gasteiger partial charge in [-0.25, -0.2) is 9.79 Å². The Balaban J connectivity index is 0.00000364. The lowest BCUT2D eigenvalue weighted by molar-refractivity contribution is -0.756. The number of nitriles is 1. The van der Waals surface area contributed by atoms with E-state index in [2.05, 4.69) is 23.7 Å². The summed E-state index contributed by atoms with van der Waals surface area (Å²) in [5.41, 5.74) is 1.91. The van der Waals surface area contributed by atoms with Crippen molar-refractivity contribution in [3.8, 4) is 6.07 Å². The van der Waals surface area contributed by atoms with Gasteiger partial charge in [0.05, 0.1) is 13.2 Å². The van der Waals surface area contributed by atoms with E-state index in [-0.39, 0.29) is 24.6 Å². The first-order valence-corrected chi connectivity index (χ1v) is 8.72.